The van der Waals surface area contributed by atoms with Crippen molar-refractivity contribution in [2.24, 2.45) is 0 Å². The van der Waals surface area contributed by atoms with Crippen LogP contribution in [0.2, 0.25) is 15.1 Å². The average molecular weight is 511 g/mol. The zero-order chi connectivity index (χ0) is 23.1. The lowest BCUT2D eigenvalue weighted by Gasteiger charge is -2.10. The molecule has 1 aromatic heterocycles. The van der Waals surface area contributed by atoms with E-state index in [1.807, 2.05) is 0 Å². The third kappa shape index (κ3) is 6.49. The lowest BCUT2D eigenvalue weighted by molar-refractivity contribution is -0.113. The van der Waals surface area contributed by atoms with Crippen molar-refractivity contribution < 1.29 is 9.59 Å². The predicted octanol–water partition coefficient (Wildman–Crippen LogP) is 5.09. The van der Waals surface area contributed by atoms with Crippen LogP contribution in [0.5, 0.6) is 0 Å². The van der Waals surface area contributed by atoms with Gasteiger partial charge in [-0.3, -0.25) is 9.59 Å². The number of hydrogen-bond acceptors (Lipinski definition) is 5. The van der Waals surface area contributed by atoms with Gasteiger partial charge in [0.05, 0.1) is 22.9 Å². The Hall–Kier alpha value is -2.52. The summed E-state index contributed by atoms with van der Waals surface area (Å²) in [6.07, 6.45) is 1.68. The van der Waals surface area contributed by atoms with E-state index in [1.54, 1.807) is 47.0 Å². The molecule has 3 aromatic rings. The number of hydrogen-bond donors (Lipinski definition) is 2. The van der Waals surface area contributed by atoms with Crippen molar-refractivity contribution >= 4 is 64.1 Å². The summed E-state index contributed by atoms with van der Waals surface area (Å²) in [6.45, 7) is 4.28. The van der Waals surface area contributed by atoms with E-state index < -0.39 is 0 Å². The minimum Gasteiger partial charge on any atom is -0.345 e. The quantitative estimate of drug-likeness (QED) is 0.309. The molecule has 2 amide bonds. The first kappa shape index (κ1) is 24.1. The molecule has 11 heteroatoms. The fraction of sp³-hybridized carbons (Fsp3) is 0.143. The summed E-state index contributed by atoms with van der Waals surface area (Å²) in [4.78, 5) is 24.7. The maximum absolute atomic E-state index is 12.5. The lowest BCUT2D eigenvalue weighted by atomic mass is 10.2. The third-order valence-corrected chi connectivity index (χ3v) is 5.91. The van der Waals surface area contributed by atoms with Crippen LogP contribution in [-0.2, 0) is 17.9 Å². The predicted molar refractivity (Wildman–Crippen MR) is 129 cm³/mol. The van der Waals surface area contributed by atoms with Crippen molar-refractivity contribution in [1.82, 2.24) is 20.1 Å². The van der Waals surface area contributed by atoms with Crippen LogP contribution in [0.15, 0.2) is 60.3 Å². The highest BCUT2D eigenvalue weighted by Gasteiger charge is 2.16. The normalized spacial score (nSPS) is 10.6. The summed E-state index contributed by atoms with van der Waals surface area (Å²) in [7, 11) is 0. The molecule has 7 nitrogen and oxygen atoms in total. The number of carbonyl (C=O) groups excluding carboxylic acids is 2. The van der Waals surface area contributed by atoms with E-state index in [0.29, 0.717) is 38.8 Å². The van der Waals surface area contributed by atoms with Gasteiger partial charge in [0, 0.05) is 22.3 Å². The minimum absolute atomic E-state index is 0.121. The van der Waals surface area contributed by atoms with Crippen LogP contribution in [0, 0.1) is 0 Å². The number of amides is 2. The summed E-state index contributed by atoms with van der Waals surface area (Å²) in [5.41, 5.74) is 0.955. The monoisotopic (exact) mass is 509 g/mol. The van der Waals surface area contributed by atoms with Gasteiger partial charge in [0.15, 0.2) is 11.0 Å². The van der Waals surface area contributed by atoms with E-state index in [2.05, 4.69) is 27.4 Å². The number of aromatic nitrogens is 3. The van der Waals surface area contributed by atoms with E-state index in [1.165, 1.54) is 17.8 Å². The Balaban J connectivity index is 1.61. The van der Waals surface area contributed by atoms with Crippen molar-refractivity contribution in [3.05, 3.63) is 81.6 Å². The van der Waals surface area contributed by atoms with Crippen molar-refractivity contribution in [3.63, 3.8) is 0 Å². The van der Waals surface area contributed by atoms with Gasteiger partial charge in [0.1, 0.15) is 0 Å². The molecule has 0 saturated carbocycles. The minimum atomic E-state index is -0.364. The molecule has 0 atom stereocenters. The van der Waals surface area contributed by atoms with Crippen LogP contribution >= 0.6 is 46.6 Å². The molecule has 0 aliphatic heterocycles. The number of carbonyl (C=O) groups is 2. The Morgan fingerprint density at radius 2 is 1.78 bits per heavy atom. The van der Waals surface area contributed by atoms with Gasteiger partial charge in [-0.15, -0.1) is 16.8 Å². The number of nitrogens with one attached hydrogen (secondary N) is 2. The second-order valence-corrected chi connectivity index (χ2v) is 8.67. The van der Waals surface area contributed by atoms with Crippen LogP contribution in [0.4, 0.5) is 5.69 Å². The van der Waals surface area contributed by atoms with Gasteiger partial charge < -0.3 is 15.2 Å². The Kier molecular flexibility index (Phi) is 8.58. The smallest absolute Gasteiger partial charge is 0.253 e. The van der Waals surface area contributed by atoms with Crippen molar-refractivity contribution in [3.8, 4) is 0 Å². The number of allylic oxidation sites excluding steroid dienone is 1. The molecule has 0 unspecified atom stereocenters. The Morgan fingerprint density at radius 1 is 1.06 bits per heavy atom. The second kappa shape index (κ2) is 11.4. The number of anilines is 1. The molecule has 166 valence electrons. The number of halogens is 3. The molecule has 1 heterocycles. The first-order chi connectivity index (χ1) is 15.4. The largest absolute Gasteiger partial charge is 0.345 e. The second-order valence-electron chi connectivity index (χ2n) is 6.45. The standard InChI is InChI=1S/C21H18Cl3N5O2S/c1-2-9-29-18(11-25-20(31)16-8-5-14(23)10-17(16)24)27-28-21(29)32-12-19(30)26-15-6-3-13(22)4-7-15/h2-8,10H,1,9,11-12H2,(H,25,31)(H,26,30). The van der Waals surface area contributed by atoms with Gasteiger partial charge in [-0.2, -0.15) is 0 Å². The summed E-state index contributed by atoms with van der Waals surface area (Å²) >= 11 is 19.0. The molecule has 32 heavy (non-hydrogen) atoms. The molecule has 0 fully saturated rings. The fourth-order valence-corrected chi connectivity index (χ4v) is 4.04. The van der Waals surface area contributed by atoms with E-state index in [4.69, 9.17) is 34.8 Å². The molecule has 0 aliphatic rings. The highest BCUT2D eigenvalue weighted by molar-refractivity contribution is 7.99. The Bertz CT molecular complexity index is 1130. The third-order valence-electron chi connectivity index (χ3n) is 4.15. The van der Waals surface area contributed by atoms with Crippen molar-refractivity contribution in [2.75, 3.05) is 11.1 Å². The first-order valence-electron chi connectivity index (χ1n) is 9.32. The first-order valence-corrected chi connectivity index (χ1v) is 11.4. The molecule has 2 N–H and O–H groups in total. The van der Waals surface area contributed by atoms with E-state index in [-0.39, 0.29) is 29.1 Å². The van der Waals surface area contributed by atoms with Crippen LogP contribution in [-0.4, -0.2) is 32.3 Å². The summed E-state index contributed by atoms with van der Waals surface area (Å²) < 4.78 is 1.77. The fourth-order valence-electron chi connectivity index (χ4n) is 2.66. The Labute approximate surface area is 204 Å². The van der Waals surface area contributed by atoms with Crippen molar-refractivity contribution in [1.29, 1.82) is 0 Å². The summed E-state index contributed by atoms with van der Waals surface area (Å²) in [5.74, 6) is 0.0861. The number of nitrogens with zero attached hydrogens (tertiary/aromatic N) is 3. The molecular formula is C21H18Cl3N5O2S. The maximum Gasteiger partial charge on any atom is 0.253 e. The molecule has 3 rings (SSSR count). The Morgan fingerprint density at radius 3 is 2.47 bits per heavy atom. The van der Waals surface area contributed by atoms with Crippen LogP contribution in [0.3, 0.4) is 0 Å². The summed E-state index contributed by atoms with van der Waals surface area (Å²) in [5, 5.41) is 15.7. The zero-order valence-corrected chi connectivity index (χ0v) is 19.7. The number of rotatable bonds is 9. The maximum atomic E-state index is 12.5. The molecule has 0 bridgehead atoms. The van der Waals surface area contributed by atoms with E-state index in [0.717, 1.165) is 0 Å². The van der Waals surface area contributed by atoms with Gasteiger partial charge in [-0.1, -0.05) is 52.6 Å². The van der Waals surface area contributed by atoms with Gasteiger partial charge in [-0.05, 0) is 42.5 Å². The highest BCUT2D eigenvalue weighted by atomic mass is 35.5. The van der Waals surface area contributed by atoms with Gasteiger partial charge in [0.2, 0.25) is 5.91 Å². The lowest BCUT2D eigenvalue weighted by Crippen LogP contribution is -2.25. The molecule has 0 saturated heterocycles. The van der Waals surface area contributed by atoms with E-state index >= 15 is 0 Å². The van der Waals surface area contributed by atoms with Crippen LogP contribution < -0.4 is 10.6 Å². The molecule has 0 spiro atoms. The van der Waals surface area contributed by atoms with Gasteiger partial charge in [0.25, 0.3) is 5.91 Å². The number of benzene rings is 2. The van der Waals surface area contributed by atoms with Gasteiger partial charge in [-0.25, -0.2) is 0 Å². The zero-order valence-electron chi connectivity index (χ0n) is 16.6. The molecule has 0 aliphatic carbocycles. The molecular weight excluding hydrogens is 493 g/mol. The number of thioether (sulfide) groups is 1. The van der Waals surface area contributed by atoms with E-state index in [9.17, 15) is 9.59 Å². The molecule has 2 aromatic carbocycles. The molecule has 0 radical (unpaired) electrons. The average Bonchev–Trinajstić information content (AvgIpc) is 3.14. The highest BCUT2D eigenvalue weighted by Crippen LogP contribution is 2.22. The van der Waals surface area contributed by atoms with Crippen LogP contribution in [0.25, 0.3) is 0 Å². The topological polar surface area (TPSA) is 88.9 Å². The summed E-state index contributed by atoms with van der Waals surface area (Å²) in [6, 6.07) is 11.5. The van der Waals surface area contributed by atoms with Crippen molar-refractivity contribution in [2.45, 2.75) is 18.2 Å². The van der Waals surface area contributed by atoms with Crippen LogP contribution in [0.1, 0.15) is 16.2 Å². The van der Waals surface area contributed by atoms with Gasteiger partial charge >= 0.3 is 0 Å². The SMILES string of the molecule is C=CCn1c(CNC(=O)c2ccc(Cl)cc2Cl)nnc1SCC(=O)Nc1ccc(Cl)cc1.